The molecule has 0 aromatic heterocycles. The number of benzene rings is 2. The van der Waals surface area contributed by atoms with Crippen LogP contribution in [0.3, 0.4) is 0 Å². The summed E-state index contributed by atoms with van der Waals surface area (Å²) >= 11 is 0. The highest BCUT2D eigenvalue weighted by Crippen LogP contribution is 2.29. The number of amides is 2. The minimum Gasteiger partial charge on any atom is -0.506 e. The van der Waals surface area contributed by atoms with Crippen molar-refractivity contribution >= 4 is 29.2 Å². The molecule has 42 heavy (non-hydrogen) atoms. The number of carbonyl (C=O) groups excluding carboxylic acids is 3. The molecule has 0 saturated heterocycles. The van der Waals surface area contributed by atoms with E-state index in [-0.39, 0.29) is 17.3 Å². The van der Waals surface area contributed by atoms with E-state index in [4.69, 9.17) is 9.47 Å². The number of anilines is 2. The quantitative estimate of drug-likeness (QED) is 0.0926. The van der Waals surface area contributed by atoms with Crippen LogP contribution in [-0.2, 0) is 14.3 Å². The molecule has 0 radical (unpaired) electrons. The van der Waals surface area contributed by atoms with Gasteiger partial charge in [-0.3, -0.25) is 9.59 Å². The van der Waals surface area contributed by atoms with Crippen LogP contribution >= 0.6 is 0 Å². The van der Waals surface area contributed by atoms with Gasteiger partial charge in [-0.25, -0.2) is 4.79 Å². The topological polar surface area (TPSA) is 114 Å². The smallest absolute Gasteiger partial charge is 0.338 e. The van der Waals surface area contributed by atoms with E-state index < -0.39 is 23.4 Å². The highest BCUT2D eigenvalue weighted by Gasteiger charge is 2.23. The Bertz CT molecular complexity index is 1140. The van der Waals surface area contributed by atoms with Crippen molar-refractivity contribution in [1.82, 2.24) is 0 Å². The van der Waals surface area contributed by atoms with Gasteiger partial charge in [-0.05, 0) is 43.2 Å². The summed E-state index contributed by atoms with van der Waals surface area (Å²) in [5.74, 6) is -0.837. The molecule has 2 amide bonds. The van der Waals surface area contributed by atoms with Crippen molar-refractivity contribution in [3.05, 3.63) is 48.0 Å². The normalized spacial score (nSPS) is 11.9. The van der Waals surface area contributed by atoms with Crippen molar-refractivity contribution in [1.29, 1.82) is 0 Å². The van der Waals surface area contributed by atoms with Gasteiger partial charge in [0, 0.05) is 17.2 Å². The summed E-state index contributed by atoms with van der Waals surface area (Å²) in [5.41, 5.74) is 0.365. The van der Waals surface area contributed by atoms with Crippen LogP contribution in [0.25, 0.3) is 0 Å². The monoisotopic (exact) mass is 582 g/mol. The fourth-order valence-corrected chi connectivity index (χ4v) is 4.27. The molecule has 0 bridgehead atoms. The Balaban J connectivity index is 1.81. The minimum atomic E-state index is -0.828. The first-order chi connectivity index (χ1) is 20.0. The molecule has 0 spiro atoms. The lowest BCUT2D eigenvalue weighted by Gasteiger charge is -2.19. The Morgan fingerprint density at radius 1 is 0.833 bits per heavy atom. The molecule has 232 valence electrons. The number of esters is 1. The van der Waals surface area contributed by atoms with E-state index in [1.54, 1.807) is 51.1 Å². The molecule has 2 rings (SSSR count). The zero-order valence-corrected chi connectivity index (χ0v) is 26.1. The van der Waals surface area contributed by atoms with Crippen LogP contribution in [0.4, 0.5) is 11.4 Å². The van der Waals surface area contributed by atoms with Gasteiger partial charge in [0.05, 0.1) is 17.9 Å². The van der Waals surface area contributed by atoms with Crippen molar-refractivity contribution in [2.24, 2.45) is 5.41 Å². The Kier molecular flexibility index (Phi) is 14.9. The Hall–Kier alpha value is -3.55. The number of hydrogen-bond acceptors (Lipinski definition) is 6. The van der Waals surface area contributed by atoms with Gasteiger partial charge in [-0.2, -0.15) is 0 Å². The van der Waals surface area contributed by atoms with Gasteiger partial charge in [0.15, 0.2) is 6.10 Å². The molecule has 8 heteroatoms. The van der Waals surface area contributed by atoms with Gasteiger partial charge >= 0.3 is 5.97 Å². The highest BCUT2D eigenvalue weighted by atomic mass is 16.5. The molecular formula is C34H50N2O6. The van der Waals surface area contributed by atoms with E-state index >= 15 is 0 Å². The molecule has 0 fully saturated rings. The van der Waals surface area contributed by atoms with Crippen LogP contribution in [0.1, 0.15) is 116 Å². The first-order valence-electron chi connectivity index (χ1n) is 15.4. The molecule has 3 N–H and O–H groups in total. The van der Waals surface area contributed by atoms with E-state index in [0.717, 1.165) is 19.3 Å². The van der Waals surface area contributed by atoms with Crippen LogP contribution in [0.2, 0.25) is 0 Å². The van der Waals surface area contributed by atoms with E-state index in [9.17, 15) is 19.5 Å². The van der Waals surface area contributed by atoms with Crippen LogP contribution < -0.4 is 15.4 Å². The van der Waals surface area contributed by atoms with Gasteiger partial charge in [0.2, 0.25) is 5.91 Å². The lowest BCUT2D eigenvalue weighted by atomic mass is 9.95. The Morgan fingerprint density at radius 3 is 2.07 bits per heavy atom. The largest absolute Gasteiger partial charge is 0.506 e. The van der Waals surface area contributed by atoms with Gasteiger partial charge < -0.3 is 25.2 Å². The number of hydrogen-bond donors (Lipinski definition) is 3. The number of phenolic OH excluding ortho intramolecular Hbond substituents is 1. The molecule has 0 aliphatic carbocycles. The van der Waals surface area contributed by atoms with Gasteiger partial charge in [-0.15, -0.1) is 0 Å². The molecule has 2 aromatic carbocycles. The summed E-state index contributed by atoms with van der Waals surface area (Å²) in [7, 11) is 0. The molecule has 2 aromatic rings. The first kappa shape index (κ1) is 34.7. The predicted octanol–water partition coefficient (Wildman–Crippen LogP) is 8.25. The number of nitrogens with one attached hydrogen (secondary N) is 2. The van der Waals surface area contributed by atoms with E-state index in [1.807, 2.05) is 6.92 Å². The summed E-state index contributed by atoms with van der Waals surface area (Å²) in [6, 6.07) is 11.1. The van der Waals surface area contributed by atoms with Crippen molar-refractivity contribution in [2.45, 2.75) is 111 Å². The maximum atomic E-state index is 12.9. The molecule has 0 saturated carbocycles. The Labute approximate surface area is 251 Å². The van der Waals surface area contributed by atoms with Crippen molar-refractivity contribution in [2.75, 3.05) is 17.2 Å². The maximum Gasteiger partial charge on any atom is 0.338 e. The summed E-state index contributed by atoms with van der Waals surface area (Å²) in [5, 5.41) is 15.8. The van der Waals surface area contributed by atoms with Crippen molar-refractivity contribution in [3.8, 4) is 11.5 Å². The number of ether oxygens (including phenoxy) is 2. The molecule has 1 unspecified atom stereocenters. The molecule has 0 heterocycles. The second-order valence-corrected chi connectivity index (χ2v) is 11.8. The zero-order chi connectivity index (χ0) is 31.0. The SMILES string of the molecule is CCCCCCCCCCCCOC(=O)c1cccc(OC(CC)C(=O)Nc2ccc(NC(=O)C(C)(C)C)c(O)c2)c1. The molecule has 8 nitrogen and oxygen atoms in total. The van der Waals surface area contributed by atoms with Gasteiger partial charge in [0.1, 0.15) is 11.5 Å². The molecule has 1 atom stereocenters. The van der Waals surface area contributed by atoms with Crippen LogP contribution in [-0.4, -0.2) is 35.6 Å². The van der Waals surface area contributed by atoms with Crippen LogP contribution in [0.5, 0.6) is 11.5 Å². The standard InChI is InChI=1S/C34H50N2O6/c1-6-8-9-10-11-12-13-14-15-16-22-41-32(39)25-18-17-19-27(23-25)42-30(7-2)31(38)35-26-20-21-28(29(37)24-26)36-33(40)34(3,4)5/h17-21,23-24,30,37H,6-16,22H2,1-5H3,(H,35,38)(H,36,40). The number of phenols is 1. The number of unbranched alkanes of at least 4 members (excludes halogenated alkanes) is 9. The average molecular weight is 583 g/mol. The average Bonchev–Trinajstić information content (AvgIpc) is 2.95. The fraction of sp³-hybridized carbons (Fsp3) is 0.559. The lowest BCUT2D eigenvalue weighted by Crippen LogP contribution is -2.32. The molecule has 0 aliphatic rings. The third-order valence-corrected chi connectivity index (χ3v) is 6.94. The third kappa shape index (κ3) is 12.5. The summed E-state index contributed by atoms with van der Waals surface area (Å²) in [6.07, 6.45) is 11.7. The van der Waals surface area contributed by atoms with Gasteiger partial charge in [0.25, 0.3) is 5.91 Å². The van der Waals surface area contributed by atoms with Crippen LogP contribution in [0, 0.1) is 5.41 Å². The van der Waals surface area contributed by atoms with E-state index in [0.29, 0.717) is 30.0 Å². The number of rotatable bonds is 18. The molecular weight excluding hydrogens is 532 g/mol. The first-order valence-corrected chi connectivity index (χ1v) is 15.4. The molecule has 0 aliphatic heterocycles. The third-order valence-electron chi connectivity index (χ3n) is 6.94. The number of carbonyl (C=O) groups is 3. The highest BCUT2D eigenvalue weighted by molar-refractivity contribution is 5.97. The Morgan fingerprint density at radius 2 is 1.48 bits per heavy atom. The zero-order valence-electron chi connectivity index (χ0n) is 26.1. The predicted molar refractivity (Wildman–Crippen MR) is 168 cm³/mol. The minimum absolute atomic E-state index is 0.164. The second-order valence-electron chi connectivity index (χ2n) is 11.8. The lowest BCUT2D eigenvalue weighted by molar-refractivity contribution is -0.123. The summed E-state index contributed by atoms with van der Waals surface area (Å²) in [6.45, 7) is 9.75. The van der Waals surface area contributed by atoms with Crippen molar-refractivity contribution < 1.29 is 29.0 Å². The van der Waals surface area contributed by atoms with E-state index in [2.05, 4.69) is 17.6 Å². The fourth-order valence-electron chi connectivity index (χ4n) is 4.27. The second kappa shape index (κ2) is 18.1. The summed E-state index contributed by atoms with van der Waals surface area (Å²) in [4.78, 5) is 37.7. The van der Waals surface area contributed by atoms with E-state index in [1.165, 1.54) is 57.1 Å². The summed E-state index contributed by atoms with van der Waals surface area (Å²) < 4.78 is 11.4. The van der Waals surface area contributed by atoms with Crippen LogP contribution in [0.15, 0.2) is 42.5 Å². The number of aromatic hydroxyl groups is 1. The van der Waals surface area contributed by atoms with Crippen molar-refractivity contribution in [3.63, 3.8) is 0 Å². The maximum absolute atomic E-state index is 12.9. The van der Waals surface area contributed by atoms with Gasteiger partial charge in [-0.1, -0.05) is 98.5 Å².